The molecule has 1 unspecified atom stereocenters. The molecule has 1 aromatic carbocycles. The quantitative estimate of drug-likeness (QED) is 0.863. The van der Waals surface area contributed by atoms with Crippen molar-refractivity contribution in [3.8, 4) is 6.07 Å². The average molecular weight is 311 g/mol. The van der Waals surface area contributed by atoms with Crippen LogP contribution < -0.4 is 0 Å². The molecule has 2 atom stereocenters. The summed E-state index contributed by atoms with van der Waals surface area (Å²) in [5.41, 5.74) is -0.870. The van der Waals surface area contributed by atoms with Crippen molar-refractivity contribution in [2.45, 2.75) is 5.41 Å². The van der Waals surface area contributed by atoms with Gasteiger partial charge in [0.05, 0.1) is 18.9 Å². The smallest absolute Gasteiger partial charge is 0.317 e. The highest BCUT2D eigenvalue weighted by Gasteiger charge is 2.58. The van der Waals surface area contributed by atoms with E-state index in [4.69, 9.17) is 10.1 Å². The second-order valence-electron chi connectivity index (χ2n) is 5.46. The summed E-state index contributed by atoms with van der Waals surface area (Å²) in [5, 5.41) is 18.3. The minimum Gasteiger partial charge on any atom is -0.468 e. The molecule has 1 N–H and O–H groups in total. The zero-order valence-corrected chi connectivity index (χ0v) is 12.6. The van der Waals surface area contributed by atoms with E-state index in [2.05, 4.69) is 6.07 Å². The van der Waals surface area contributed by atoms with Crippen molar-refractivity contribution in [2.75, 3.05) is 7.11 Å². The highest BCUT2D eigenvalue weighted by atomic mass is 19.1. The third-order valence-electron chi connectivity index (χ3n) is 4.39. The average Bonchev–Trinajstić information content (AvgIpc) is 3.07. The highest BCUT2D eigenvalue weighted by Crippen LogP contribution is 2.48. The number of halogens is 1. The molecule has 23 heavy (non-hydrogen) atoms. The lowest BCUT2D eigenvalue weighted by molar-refractivity contribution is -0.144. The lowest BCUT2D eigenvalue weighted by Gasteiger charge is -2.28. The number of hydrogen-bond acceptors (Lipinski definition) is 4. The van der Waals surface area contributed by atoms with Gasteiger partial charge in [-0.05, 0) is 23.8 Å². The minimum absolute atomic E-state index is 0.00523. The number of rotatable bonds is 2. The van der Waals surface area contributed by atoms with Crippen LogP contribution in [-0.4, -0.2) is 23.4 Å². The van der Waals surface area contributed by atoms with Crippen molar-refractivity contribution in [3.63, 3.8) is 0 Å². The van der Waals surface area contributed by atoms with Crippen LogP contribution in [0.25, 0.3) is 0 Å². The first kappa shape index (κ1) is 15.0. The Bertz CT molecular complexity index is 865. The molecule has 5 nitrogen and oxygen atoms in total. The van der Waals surface area contributed by atoms with Crippen LogP contribution >= 0.6 is 0 Å². The number of aromatic nitrogens is 1. The number of fused-ring (bicyclic) bond motifs is 1. The normalized spacial score (nSPS) is 22.5. The minimum atomic E-state index is -1.49. The van der Waals surface area contributed by atoms with Gasteiger partial charge in [0.25, 0.3) is 0 Å². The maximum Gasteiger partial charge on any atom is 0.317 e. The van der Waals surface area contributed by atoms with Gasteiger partial charge in [0, 0.05) is 24.5 Å². The maximum atomic E-state index is 14.3. The fourth-order valence-electron chi connectivity index (χ4n) is 3.39. The van der Waals surface area contributed by atoms with Gasteiger partial charge in [-0.25, -0.2) is 4.39 Å². The van der Waals surface area contributed by atoms with E-state index in [0.29, 0.717) is 11.3 Å². The maximum absolute atomic E-state index is 14.3. The third-order valence-corrected chi connectivity index (χ3v) is 4.39. The molecule has 3 rings (SSSR count). The first-order valence-electron chi connectivity index (χ1n) is 6.97. The van der Waals surface area contributed by atoms with Gasteiger partial charge in [-0.1, -0.05) is 12.1 Å². The summed E-state index contributed by atoms with van der Waals surface area (Å²) in [6.45, 7) is 0. The van der Waals surface area contributed by atoms with Crippen molar-refractivity contribution in [1.82, 2.24) is 4.57 Å². The van der Waals surface area contributed by atoms with Gasteiger partial charge in [-0.3, -0.25) is 4.79 Å². The molecule has 0 saturated carbocycles. The van der Waals surface area contributed by atoms with Crippen molar-refractivity contribution >= 4 is 11.7 Å². The number of esters is 1. The molecule has 0 radical (unpaired) electrons. The first-order valence-corrected chi connectivity index (χ1v) is 6.97. The number of methoxy groups -OCH3 is 1. The predicted molar refractivity (Wildman–Crippen MR) is 80.5 cm³/mol. The van der Waals surface area contributed by atoms with Gasteiger partial charge in [-0.2, -0.15) is 5.26 Å². The summed E-state index contributed by atoms with van der Waals surface area (Å²) in [4.78, 5) is 12.3. The van der Waals surface area contributed by atoms with Crippen LogP contribution in [0, 0.1) is 28.5 Å². The van der Waals surface area contributed by atoms with Gasteiger partial charge in [-0.15, -0.1) is 0 Å². The van der Waals surface area contributed by atoms with Crippen LogP contribution in [0.4, 0.5) is 4.39 Å². The number of hydrogen-bond donors (Lipinski definition) is 1. The molecule has 0 amide bonds. The molecule has 0 bridgehead atoms. The lowest BCUT2D eigenvalue weighted by atomic mass is 9.73. The molecule has 116 valence electrons. The van der Waals surface area contributed by atoms with Gasteiger partial charge >= 0.3 is 5.97 Å². The van der Waals surface area contributed by atoms with E-state index in [1.54, 1.807) is 36.0 Å². The molecule has 1 heterocycles. The van der Waals surface area contributed by atoms with Crippen LogP contribution in [0.5, 0.6) is 0 Å². The molecule has 0 saturated heterocycles. The Balaban J connectivity index is 2.42. The standard InChI is InChI=1S/C17H14FN3O2/c1-21-8-4-7-12(21)17(9-19)10-5-3-6-11(18)13(10)15(20)14(17)16(22)23-2/h3-8,14,20H,1-2H3/t14?,17-/m0/s1. The fourth-order valence-corrected chi connectivity index (χ4v) is 3.39. The van der Waals surface area contributed by atoms with Gasteiger partial charge in [0.15, 0.2) is 0 Å². The van der Waals surface area contributed by atoms with Crippen LogP contribution in [0.2, 0.25) is 0 Å². The Hall–Kier alpha value is -2.94. The largest absolute Gasteiger partial charge is 0.468 e. The van der Waals surface area contributed by atoms with E-state index in [0.717, 1.165) is 0 Å². The summed E-state index contributed by atoms with van der Waals surface area (Å²) in [5.74, 6) is -2.56. The second-order valence-corrected chi connectivity index (χ2v) is 5.46. The zero-order valence-electron chi connectivity index (χ0n) is 12.6. The lowest BCUT2D eigenvalue weighted by Crippen LogP contribution is -2.40. The summed E-state index contributed by atoms with van der Waals surface area (Å²) < 4.78 is 20.8. The summed E-state index contributed by atoms with van der Waals surface area (Å²) in [7, 11) is 2.94. The van der Waals surface area contributed by atoms with Crippen LogP contribution in [0.3, 0.4) is 0 Å². The molecule has 0 spiro atoms. The Kier molecular flexibility index (Phi) is 3.29. The van der Waals surface area contributed by atoms with Crippen molar-refractivity contribution in [2.24, 2.45) is 13.0 Å². The van der Waals surface area contributed by atoms with Gasteiger partial charge < -0.3 is 14.7 Å². The molecule has 1 aromatic heterocycles. The molecule has 0 aliphatic heterocycles. The number of carbonyl (C=O) groups excluding carboxylic acids is 1. The molecule has 6 heteroatoms. The van der Waals surface area contributed by atoms with Crippen molar-refractivity contribution < 1.29 is 13.9 Å². The number of ether oxygens (including phenoxy) is 1. The number of nitrogens with zero attached hydrogens (tertiary/aromatic N) is 2. The van der Waals surface area contributed by atoms with E-state index in [9.17, 15) is 14.4 Å². The first-order chi connectivity index (χ1) is 11.0. The molecule has 1 aliphatic rings. The predicted octanol–water partition coefficient (Wildman–Crippen LogP) is 2.14. The Labute approximate surface area is 132 Å². The number of carbonyl (C=O) groups is 1. The molecule has 1 aliphatic carbocycles. The van der Waals surface area contributed by atoms with E-state index < -0.39 is 23.1 Å². The number of nitrogens with one attached hydrogen (secondary N) is 1. The number of nitriles is 1. The molecular weight excluding hydrogens is 297 g/mol. The summed E-state index contributed by atoms with van der Waals surface area (Å²) >= 11 is 0. The summed E-state index contributed by atoms with van der Waals surface area (Å²) in [6, 6.07) is 9.91. The van der Waals surface area contributed by atoms with Gasteiger partial charge in [0.1, 0.15) is 17.2 Å². The Morgan fingerprint density at radius 2 is 2.17 bits per heavy atom. The van der Waals surface area contributed by atoms with Crippen LogP contribution in [0.1, 0.15) is 16.8 Å². The SMILES string of the molecule is COC(=O)C1C(=N)c2c(F)cccc2[C@@]1(C#N)c1cccn1C. The van der Waals surface area contributed by atoms with Crippen LogP contribution in [-0.2, 0) is 22.0 Å². The van der Waals surface area contributed by atoms with E-state index >= 15 is 0 Å². The topological polar surface area (TPSA) is 78.9 Å². The molecule has 0 fully saturated rings. The third kappa shape index (κ3) is 1.77. The number of aryl methyl sites for hydroxylation is 1. The number of benzene rings is 1. The Morgan fingerprint density at radius 1 is 1.43 bits per heavy atom. The molecule has 2 aromatic rings. The van der Waals surface area contributed by atoms with E-state index in [1.165, 1.54) is 19.2 Å². The fraction of sp³-hybridized carbons (Fsp3) is 0.235. The van der Waals surface area contributed by atoms with Crippen molar-refractivity contribution in [3.05, 3.63) is 59.2 Å². The van der Waals surface area contributed by atoms with Gasteiger partial charge in [0.2, 0.25) is 0 Å². The molecular formula is C17H14FN3O2. The van der Waals surface area contributed by atoms with Crippen LogP contribution in [0.15, 0.2) is 36.5 Å². The van der Waals surface area contributed by atoms with E-state index in [-0.39, 0.29) is 11.3 Å². The van der Waals surface area contributed by atoms with E-state index in [1.807, 2.05) is 0 Å². The highest BCUT2D eigenvalue weighted by molar-refractivity contribution is 6.17. The van der Waals surface area contributed by atoms with Crippen molar-refractivity contribution in [1.29, 1.82) is 10.7 Å². The second kappa shape index (κ2) is 5.06. The monoisotopic (exact) mass is 311 g/mol. The Morgan fingerprint density at radius 3 is 2.74 bits per heavy atom. The summed E-state index contributed by atoms with van der Waals surface area (Å²) in [6.07, 6.45) is 1.74. The zero-order chi connectivity index (χ0) is 16.8.